The van der Waals surface area contributed by atoms with Crippen LogP contribution in [-0.4, -0.2) is 29.1 Å². The highest BCUT2D eigenvalue weighted by Crippen LogP contribution is 2.40. The lowest BCUT2D eigenvalue weighted by Gasteiger charge is -2.14. The zero-order chi connectivity index (χ0) is 26.8. The standard InChI is InChI=1S/C29H19BrClNO5S/c1-36-24-14-17(13-22(30)26(24)37-28(34)21-11-4-5-12-23(21)31)15-25-27(33)32(29(35)38-25)16-19-9-6-8-18-7-2-3-10-20(18)19/h2-15H,16H2,1H3/b25-15-. The van der Waals surface area contributed by atoms with E-state index in [0.717, 1.165) is 28.1 Å². The lowest BCUT2D eigenvalue weighted by Crippen LogP contribution is -2.27. The largest absolute Gasteiger partial charge is 0.493 e. The van der Waals surface area contributed by atoms with Gasteiger partial charge in [0, 0.05) is 0 Å². The second-order valence-electron chi connectivity index (χ2n) is 8.31. The molecule has 1 aliphatic heterocycles. The number of carbonyl (C=O) groups excluding carboxylic acids is 3. The number of imide groups is 1. The number of hydrogen-bond donors (Lipinski definition) is 0. The van der Waals surface area contributed by atoms with Crippen LogP contribution in [-0.2, 0) is 11.3 Å². The molecule has 0 radical (unpaired) electrons. The van der Waals surface area contributed by atoms with Crippen LogP contribution >= 0.6 is 39.3 Å². The monoisotopic (exact) mass is 607 g/mol. The molecule has 1 heterocycles. The second-order valence-corrected chi connectivity index (χ2v) is 10.6. The molecule has 4 aromatic carbocycles. The van der Waals surface area contributed by atoms with E-state index in [1.165, 1.54) is 12.0 Å². The Morgan fingerprint density at radius 3 is 2.55 bits per heavy atom. The second kappa shape index (κ2) is 11.0. The number of carbonyl (C=O) groups is 3. The number of esters is 1. The van der Waals surface area contributed by atoms with E-state index in [0.29, 0.717) is 10.0 Å². The van der Waals surface area contributed by atoms with Crippen molar-refractivity contribution in [3.63, 3.8) is 0 Å². The first-order valence-electron chi connectivity index (χ1n) is 11.4. The molecule has 38 heavy (non-hydrogen) atoms. The first kappa shape index (κ1) is 26.0. The van der Waals surface area contributed by atoms with Crippen molar-refractivity contribution < 1.29 is 23.9 Å². The summed E-state index contributed by atoms with van der Waals surface area (Å²) in [7, 11) is 1.44. The van der Waals surface area contributed by atoms with E-state index >= 15 is 0 Å². The fourth-order valence-electron chi connectivity index (χ4n) is 4.08. The van der Waals surface area contributed by atoms with Crippen molar-refractivity contribution in [1.82, 2.24) is 4.90 Å². The van der Waals surface area contributed by atoms with Crippen LogP contribution in [0.2, 0.25) is 5.02 Å². The first-order valence-corrected chi connectivity index (χ1v) is 13.4. The Hall–Kier alpha value is -3.59. The molecule has 0 atom stereocenters. The third-order valence-electron chi connectivity index (χ3n) is 5.92. The highest BCUT2D eigenvalue weighted by Gasteiger charge is 2.35. The SMILES string of the molecule is COc1cc(/C=C2\SC(=O)N(Cc3cccc4ccccc34)C2=O)cc(Br)c1OC(=O)c1ccccc1Cl. The molecule has 5 rings (SSSR count). The number of rotatable bonds is 6. The van der Waals surface area contributed by atoms with Crippen LogP contribution in [0.4, 0.5) is 4.79 Å². The van der Waals surface area contributed by atoms with Crippen molar-refractivity contribution in [2.45, 2.75) is 6.54 Å². The minimum absolute atomic E-state index is 0.165. The molecule has 0 unspecified atom stereocenters. The summed E-state index contributed by atoms with van der Waals surface area (Å²) < 4.78 is 11.4. The van der Waals surface area contributed by atoms with Crippen molar-refractivity contribution >= 4 is 73.3 Å². The number of amides is 2. The van der Waals surface area contributed by atoms with Crippen LogP contribution in [0.15, 0.2) is 88.2 Å². The Bertz CT molecular complexity index is 1630. The molecule has 0 aliphatic carbocycles. The molecule has 190 valence electrons. The molecule has 1 aliphatic rings. The maximum absolute atomic E-state index is 13.2. The van der Waals surface area contributed by atoms with Gasteiger partial charge in [-0.3, -0.25) is 14.5 Å². The van der Waals surface area contributed by atoms with E-state index in [9.17, 15) is 14.4 Å². The third-order valence-corrected chi connectivity index (χ3v) is 7.75. The molecule has 4 aromatic rings. The van der Waals surface area contributed by atoms with E-state index in [2.05, 4.69) is 15.9 Å². The van der Waals surface area contributed by atoms with Gasteiger partial charge in [-0.05, 0) is 79.9 Å². The lowest BCUT2D eigenvalue weighted by atomic mass is 10.0. The number of ether oxygens (including phenoxy) is 2. The molecule has 0 spiro atoms. The van der Waals surface area contributed by atoms with Crippen LogP contribution in [0.1, 0.15) is 21.5 Å². The van der Waals surface area contributed by atoms with Gasteiger partial charge in [-0.25, -0.2) is 4.79 Å². The maximum atomic E-state index is 13.2. The number of methoxy groups -OCH3 is 1. The molecule has 9 heteroatoms. The summed E-state index contributed by atoms with van der Waals surface area (Å²) in [5, 5.41) is 1.96. The Balaban J connectivity index is 1.40. The highest BCUT2D eigenvalue weighted by molar-refractivity contribution is 9.10. The number of fused-ring (bicyclic) bond motifs is 1. The van der Waals surface area contributed by atoms with Gasteiger partial charge in [0.25, 0.3) is 11.1 Å². The minimum atomic E-state index is -0.642. The zero-order valence-electron chi connectivity index (χ0n) is 19.9. The van der Waals surface area contributed by atoms with Crippen LogP contribution in [0.3, 0.4) is 0 Å². The maximum Gasteiger partial charge on any atom is 0.345 e. The van der Waals surface area contributed by atoms with Gasteiger partial charge in [0.2, 0.25) is 0 Å². The molecule has 1 fully saturated rings. The lowest BCUT2D eigenvalue weighted by molar-refractivity contribution is -0.123. The molecule has 0 saturated carbocycles. The molecule has 0 bridgehead atoms. The Morgan fingerprint density at radius 1 is 1.03 bits per heavy atom. The summed E-state index contributed by atoms with van der Waals surface area (Å²) in [5.41, 5.74) is 1.69. The summed E-state index contributed by atoms with van der Waals surface area (Å²) in [4.78, 5) is 40.2. The van der Waals surface area contributed by atoms with Gasteiger partial charge in [-0.2, -0.15) is 0 Å². The Kier molecular flexibility index (Phi) is 7.56. The number of thioether (sulfide) groups is 1. The molecule has 6 nitrogen and oxygen atoms in total. The van der Waals surface area contributed by atoms with Crippen molar-refractivity contribution in [2.24, 2.45) is 0 Å². The van der Waals surface area contributed by atoms with Crippen LogP contribution < -0.4 is 9.47 Å². The normalized spacial score (nSPS) is 14.4. The van der Waals surface area contributed by atoms with Gasteiger partial charge in [0.05, 0.1) is 33.6 Å². The quantitative estimate of drug-likeness (QED) is 0.127. The number of nitrogens with zero attached hydrogens (tertiary/aromatic N) is 1. The van der Waals surface area contributed by atoms with Crippen molar-refractivity contribution in [2.75, 3.05) is 7.11 Å². The number of hydrogen-bond acceptors (Lipinski definition) is 6. The summed E-state index contributed by atoms with van der Waals surface area (Å²) in [6.07, 6.45) is 1.61. The van der Waals surface area contributed by atoms with Crippen molar-refractivity contribution in [3.05, 3.63) is 110 Å². The summed E-state index contributed by atoms with van der Waals surface area (Å²) in [5.74, 6) is -0.589. The van der Waals surface area contributed by atoms with E-state index in [1.807, 2.05) is 42.5 Å². The molecule has 2 amide bonds. The summed E-state index contributed by atoms with van der Waals surface area (Å²) in [6, 6.07) is 23.5. The topological polar surface area (TPSA) is 72.9 Å². The number of benzene rings is 4. The Morgan fingerprint density at radius 2 is 1.76 bits per heavy atom. The van der Waals surface area contributed by atoms with Crippen LogP contribution in [0, 0.1) is 0 Å². The van der Waals surface area contributed by atoms with E-state index in [-0.39, 0.29) is 44.7 Å². The van der Waals surface area contributed by atoms with Gasteiger partial charge in [-0.1, -0.05) is 66.2 Å². The fraction of sp³-hybridized carbons (Fsp3) is 0.0690. The highest BCUT2D eigenvalue weighted by atomic mass is 79.9. The summed E-state index contributed by atoms with van der Waals surface area (Å²) in [6.45, 7) is 0.174. The number of halogens is 2. The van der Waals surface area contributed by atoms with Crippen molar-refractivity contribution in [3.8, 4) is 11.5 Å². The average molecular weight is 609 g/mol. The van der Waals surface area contributed by atoms with Crippen LogP contribution in [0.25, 0.3) is 16.8 Å². The van der Waals surface area contributed by atoms with Gasteiger partial charge in [0.15, 0.2) is 11.5 Å². The van der Waals surface area contributed by atoms with E-state index < -0.39 is 5.97 Å². The van der Waals surface area contributed by atoms with Crippen molar-refractivity contribution in [1.29, 1.82) is 0 Å². The third kappa shape index (κ3) is 5.20. The summed E-state index contributed by atoms with van der Waals surface area (Å²) >= 11 is 10.4. The Labute approximate surface area is 236 Å². The predicted octanol–water partition coefficient (Wildman–Crippen LogP) is 7.72. The van der Waals surface area contributed by atoms with Crippen LogP contribution in [0.5, 0.6) is 11.5 Å². The van der Waals surface area contributed by atoms with Gasteiger partial charge in [-0.15, -0.1) is 0 Å². The molecular weight excluding hydrogens is 590 g/mol. The molecule has 0 aromatic heterocycles. The first-order chi connectivity index (χ1) is 18.4. The fourth-order valence-corrected chi connectivity index (χ4v) is 5.68. The molecule has 0 N–H and O–H groups in total. The van der Waals surface area contributed by atoms with Gasteiger partial charge >= 0.3 is 5.97 Å². The minimum Gasteiger partial charge on any atom is -0.493 e. The molecular formula is C29H19BrClNO5S. The van der Waals surface area contributed by atoms with Gasteiger partial charge < -0.3 is 9.47 Å². The van der Waals surface area contributed by atoms with Gasteiger partial charge in [0.1, 0.15) is 0 Å². The smallest absolute Gasteiger partial charge is 0.345 e. The average Bonchev–Trinajstić information content (AvgIpc) is 3.17. The predicted molar refractivity (Wildman–Crippen MR) is 153 cm³/mol. The zero-order valence-corrected chi connectivity index (χ0v) is 23.1. The van der Waals surface area contributed by atoms with E-state index in [1.54, 1.807) is 42.5 Å². The van der Waals surface area contributed by atoms with E-state index in [4.69, 9.17) is 21.1 Å². The molecule has 1 saturated heterocycles.